The van der Waals surface area contributed by atoms with E-state index in [-0.39, 0.29) is 12.5 Å². The quantitative estimate of drug-likeness (QED) is 0.535. The molecule has 4 heteroatoms. The largest absolute Gasteiger partial charge is 0.478 e. The van der Waals surface area contributed by atoms with E-state index in [1.54, 1.807) is 13.8 Å². The van der Waals surface area contributed by atoms with Gasteiger partial charge in [0.1, 0.15) is 0 Å². The van der Waals surface area contributed by atoms with Gasteiger partial charge in [0.15, 0.2) is 0 Å². The Labute approximate surface area is 120 Å². The van der Waals surface area contributed by atoms with Crippen LogP contribution < -0.4 is 0 Å². The van der Waals surface area contributed by atoms with Gasteiger partial charge in [-0.3, -0.25) is 0 Å². The van der Waals surface area contributed by atoms with Crippen LogP contribution >= 0.6 is 0 Å². The van der Waals surface area contributed by atoms with Crippen LogP contribution in [-0.2, 0) is 4.79 Å². The Balaban J connectivity index is 3.02. The van der Waals surface area contributed by atoms with Crippen molar-refractivity contribution in [2.24, 2.45) is 11.3 Å². The molecule has 0 unspecified atom stereocenters. The minimum absolute atomic E-state index is 0.0390. The van der Waals surface area contributed by atoms with Crippen molar-refractivity contribution in [3.63, 3.8) is 0 Å². The molecule has 0 saturated carbocycles. The molecule has 114 valence electrons. The van der Waals surface area contributed by atoms with Gasteiger partial charge in [-0.15, -0.1) is 0 Å². The van der Waals surface area contributed by atoms with Crippen molar-refractivity contribution in [2.45, 2.75) is 53.1 Å². The summed E-state index contributed by atoms with van der Waals surface area (Å²) in [7, 11) is 0. The maximum Gasteiger partial charge on any atom is 0.328 e. The summed E-state index contributed by atoms with van der Waals surface area (Å²) < 4.78 is 0. The summed E-state index contributed by atoms with van der Waals surface area (Å²) in [6.07, 6.45) is 2.49. The van der Waals surface area contributed by atoms with Crippen LogP contribution in [0.25, 0.3) is 0 Å². The van der Waals surface area contributed by atoms with E-state index in [2.05, 4.69) is 0 Å². The van der Waals surface area contributed by atoms with Gasteiger partial charge in [0, 0.05) is 17.4 Å². The fraction of sp³-hybridized carbons (Fsp3) is 0.688. The molecule has 0 spiro atoms. The Bertz CT molecular complexity index is 459. The summed E-state index contributed by atoms with van der Waals surface area (Å²) in [6.45, 7) is 9.44. The SMILES string of the molecule is CC1=C(CO)[C@H](C)[C@](C)(O)[C@]1(C)CC/C(C)=C/C(=O)O. The molecule has 3 N–H and O–H groups in total. The Morgan fingerprint density at radius 2 is 1.95 bits per heavy atom. The first kappa shape index (κ1) is 16.9. The Kier molecular flexibility index (Phi) is 4.82. The number of allylic oxidation sites excluding steroid dienone is 1. The van der Waals surface area contributed by atoms with E-state index < -0.39 is 17.0 Å². The lowest BCUT2D eigenvalue weighted by atomic mass is 9.67. The van der Waals surface area contributed by atoms with Crippen LogP contribution in [0.1, 0.15) is 47.5 Å². The lowest BCUT2D eigenvalue weighted by Crippen LogP contribution is -2.45. The second kappa shape index (κ2) is 5.70. The first-order valence-electron chi connectivity index (χ1n) is 7.01. The molecule has 0 bridgehead atoms. The summed E-state index contributed by atoms with van der Waals surface area (Å²) in [6, 6.07) is 0. The minimum Gasteiger partial charge on any atom is -0.478 e. The molecule has 0 radical (unpaired) electrons. The first-order valence-corrected chi connectivity index (χ1v) is 7.01. The first-order chi connectivity index (χ1) is 9.07. The molecule has 0 aromatic rings. The van der Waals surface area contributed by atoms with Crippen molar-refractivity contribution < 1.29 is 20.1 Å². The fourth-order valence-electron chi connectivity index (χ4n) is 3.30. The number of carbonyl (C=O) groups is 1. The van der Waals surface area contributed by atoms with Gasteiger partial charge in [-0.2, -0.15) is 0 Å². The molecule has 0 aromatic carbocycles. The normalized spacial score (nSPS) is 34.8. The zero-order chi connectivity index (χ0) is 15.7. The van der Waals surface area contributed by atoms with Crippen LogP contribution in [0.2, 0.25) is 0 Å². The predicted octanol–water partition coefficient (Wildman–Crippen LogP) is 2.51. The fourth-order valence-corrected chi connectivity index (χ4v) is 3.30. The van der Waals surface area contributed by atoms with Crippen molar-refractivity contribution in [3.05, 3.63) is 22.8 Å². The lowest BCUT2D eigenvalue weighted by molar-refractivity contribution is -0.131. The van der Waals surface area contributed by atoms with Gasteiger partial charge in [-0.1, -0.05) is 25.0 Å². The summed E-state index contributed by atoms with van der Waals surface area (Å²) in [5.74, 6) is -1.04. The molecule has 0 heterocycles. The molecule has 20 heavy (non-hydrogen) atoms. The van der Waals surface area contributed by atoms with Crippen molar-refractivity contribution in [1.29, 1.82) is 0 Å². The average molecular weight is 282 g/mol. The van der Waals surface area contributed by atoms with Crippen LogP contribution in [0.3, 0.4) is 0 Å². The molecular formula is C16H26O4. The van der Waals surface area contributed by atoms with Crippen molar-refractivity contribution in [3.8, 4) is 0 Å². The number of aliphatic carboxylic acids is 1. The zero-order valence-corrected chi connectivity index (χ0v) is 13.0. The number of aliphatic hydroxyl groups is 2. The Morgan fingerprint density at radius 3 is 2.35 bits per heavy atom. The monoisotopic (exact) mass is 282 g/mol. The minimum atomic E-state index is -0.942. The second-order valence-electron chi connectivity index (χ2n) is 6.34. The smallest absolute Gasteiger partial charge is 0.328 e. The van der Waals surface area contributed by atoms with Crippen LogP contribution in [0.5, 0.6) is 0 Å². The van der Waals surface area contributed by atoms with E-state index in [9.17, 15) is 15.0 Å². The number of rotatable bonds is 5. The van der Waals surface area contributed by atoms with Crippen LogP contribution in [0.4, 0.5) is 0 Å². The van der Waals surface area contributed by atoms with Gasteiger partial charge in [-0.05, 0) is 39.2 Å². The van der Waals surface area contributed by atoms with Crippen LogP contribution in [0.15, 0.2) is 22.8 Å². The maximum atomic E-state index is 10.9. The van der Waals surface area contributed by atoms with Gasteiger partial charge >= 0.3 is 5.97 Å². The Morgan fingerprint density at radius 1 is 1.40 bits per heavy atom. The molecule has 1 aliphatic rings. The van der Waals surface area contributed by atoms with Crippen molar-refractivity contribution in [1.82, 2.24) is 0 Å². The highest BCUT2D eigenvalue weighted by molar-refractivity contribution is 5.80. The molecule has 0 aliphatic heterocycles. The number of carboxylic acids is 1. The zero-order valence-electron chi connectivity index (χ0n) is 13.0. The number of aliphatic hydroxyl groups excluding tert-OH is 1. The highest BCUT2D eigenvalue weighted by Crippen LogP contribution is 2.55. The van der Waals surface area contributed by atoms with E-state index in [0.29, 0.717) is 12.8 Å². The highest BCUT2D eigenvalue weighted by atomic mass is 16.4. The topological polar surface area (TPSA) is 77.8 Å². The van der Waals surface area contributed by atoms with Gasteiger partial charge in [0.2, 0.25) is 0 Å². The third-order valence-corrected chi connectivity index (χ3v) is 5.35. The summed E-state index contributed by atoms with van der Waals surface area (Å²) >= 11 is 0. The average Bonchev–Trinajstić information content (AvgIpc) is 2.46. The maximum absolute atomic E-state index is 10.9. The number of hydrogen-bond donors (Lipinski definition) is 3. The summed E-state index contributed by atoms with van der Waals surface area (Å²) in [5, 5.41) is 29.1. The molecular weight excluding hydrogens is 256 g/mol. The molecule has 1 aliphatic carbocycles. The van der Waals surface area contributed by atoms with Crippen LogP contribution in [0, 0.1) is 11.3 Å². The standard InChI is InChI=1S/C16H26O4/c1-10(8-14(18)19)6-7-15(4)11(2)13(9-17)12(3)16(15,5)20/h8,12,17,20H,6-7,9H2,1-5H3,(H,18,19)/b10-8+/t12-,15+,16-/m0/s1. The van der Waals surface area contributed by atoms with Crippen LogP contribution in [-0.4, -0.2) is 33.5 Å². The Hall–Kier alpha value is -1.13. The third kappa shape index (κ3) is 2.67. The highest BCUT2D eigenvalue weighted by Gasteiger charge is 2.54. The van der Waals surface area contributed by atoms with Gasteiger partial charge < -0.3 is 15.3 Å². The van der Waals surface area contributed by atoms with Crippen molar-refractivity contribution >= 4 is 5.97 Å². The van der Waals surface area contributed by atoms with E-state index in [0.717, 1.165) is 16.7 Å². The second-order valence-corrected chi connectivity index (χ2v) is 6.34. The number of carboxylic acid groups (broad SMARTS) is 1. The summed E-state index contributed by atoms with van der Waals surface area (Å²) in [5.41, 5.74) is 1.34. The van der Waals surface area contributed by atoms with E-state index in [1.165, 1.54) is 6.08 Å². The molecule has 0 fully saturated rings. The molecule has 1 rings (SSSR count). The van der Waals surface area contributed by atoms with E-state index in [4.69, 9.17) is 5.11 Å². The molecule has 4 nitrogen and oxygen atoms in total. The molecule has 0 amide bonds. The summed E-state index contributed by atoms with van der Waals surface area (Å²) in [4.78, 5) is 10.7. The van der Waals surface area contributed by atoms with Crippen molar-refractivity contribution in [2.75, 3.05) is 6.61 Å². The molecule has 0 aromatic heterocycles. The van der Waals surface area contributed by atoms with Gasteiger partial charge in [0.05, 0.1) is 12.2 Å². The third-order valence-electron chi connectivity index (χ3n) is 5.35. The van der Waals surface area contributed by atoms with Gasteiger partial charge in [-0.25, -0.2) is 4.79 Å². The lowest BCUT2D eigenvalue weighted by Gasteiger charge is -2.41. The molecule has 0 saturated heterocycles. The molecule has 3 atom stereocenters. The number of hydrogen-bond acceptors (Lipinski definition) is 3. The van der Waals surface area contributed by atoms with E-state index >= 15 is 0 Å². The van der Waals surface area contributed by atoms with E-state index in [1.807, 2.05) is 20.8 Å². The predicted molar refractivity (Wildman–Crippen MR) is 78.3 cm³/mol. The van der Waals surface area contributed by atoms with Gasteiger partial charge in [0.25, 0.3) is 0 Å².